The van der Waals surface area contributed by atoms with E-state index in [4.69, 9.17) is 4.74 Å². The van der Waals surface area contributed by atoms with Crippen LogP contribution in [0.3, 0.4) is 0 Å². The van der Waals surface area contributed by atoms with Crippen LogP contribution in [-0.4, -0.2) is 59.5 Å². The Kier molecular flexibility index (Phi) is 15.4. The van der Waals surface area contributed by atoms with Crippen LogP contribution in [0, 0.1) is 6.92 Å². The van der Waals surface area contributed by atoms with Gasteiger partial charge in [0, 0.05) is 13.1 Å². The molecule has 37 heavy (non-hydrogen) atoms. The molecule has 1 aromatic carbocycles. The molecule has 2 atom stereocenters. The van der Waals surface area contributed by atoms with Gasteiger partial charge in [0.2, 0.25) is 11.8 Å². The van der Waals surface area contributed by atoms with E-state index < -0.39 is 23.8 Å². The minimum atomic E-state index is -0.789. The molecule has 7 nitrogen and oxygen atoms in total. The summed E-state index contributed by atoms with van der Waals surface area (Å²) in [5, 5.41) is 5.88. The van der Waals surface area contributed by atoms with Crippen LogP contribution in [0.4, 0.5) is 4.79 Å². The van der Waals surface area contributed by atoms with Crippen molar-refractivity contribution >= 4 is 29.7 Å². The number of alkyl carbamates (subject to hydrolysis) is 1. The molecule has 0 bridgehead atoms. The fourth-order valence-corrected chi connectivity index (χ4v) is 4.54. The lowest BCUT2D eigenvalue weighted by Crippen LogP contribution is -2.53. The standard InChI is InChI=1S/C29H49N3O4S/c1-8-10-14-19-30-26(33)25(23-17-13-12-16-22(23)3)32(20-15-11-9-2)27(34)24(18-21-37-7)31-28(35)36-29(4,5)6/h12-13,16-17,24-25H,8-11,14-15,18-21H2,1-7H3,(H,30,33)(H,31,35). The van der Waals surface area contributed by atoms with Gasteiger partial charge in [0.15, 0.2) is 0 Å². The topological polar surface area (TPSA) is 87.7 Å². The van der Waals surface area contributed by atoms with Crippen molar-refractivity contribution in [2.24, 2.45) is 0 Å². The predicted octanol–water partition coefficient (Wildman–Crippen LogP) is 6.01. The van der Waals surface area contributed by atoms with Crippen molar-refractivity contribution in [2.45, 2.75) is 104 Å². The van der Waals surface area contributed by atoms with Gasteiger partial charge in [0.25, 0.3) is 0 Å². The van der Waals surface area contributed by atoms with Crippen LogP contribution in [0.25, 0.3) is 0 Å². The van der Waals surface area contributed by atoms with Crippen molar-refractivity contribution in [3.63, 3.8) is 0 Å². The molecule has 210 valence electrons. The molecule has 0 saturated heterocycles. The first-order chi connectivity index (χ1) is 17.6. The van der Waals surface area contributed by atoms with Gasteiger partial charge in [-0.05, 0) is 70.1 Å². The molecular weight excluding hydrogens is 486 g/mol. The monoisotopic (exact) mass is 535 g/mol. The zero-order valence-corrected chi connectivity index (χ0v) is 24.8. The van der Waals surface area contributed by atoms with Crippen molar-refractivity contribution in [3.05, 3.63) is 35.4 Å². The quantitative estimate of drug-likeness (QED) is 0.253. The van der Waals surface area contributed by atoms with Gasteiger partial charge in [-0.3, -0.25) is 9.59 Å². The Morgan fingerprint density at radius 2 is 1.68 bits per heavy atom. The van der Waals surface area contributed by atoms with Crippen LogP contribution in [-0.2, 0) is 14.3 Å². The molecule has 0 saturated carbocycles. The van der Waals surface area contributed by atoms with E-state index >= 15 is 0 Å². The van der Waals surface area contributed by atoms with Gasteiger partial charge < -0.3 is 20.3 Å². The number of hydrogen-bond acceptors (Lipinski definition) is 5. The third-order valence-corrected chi connectivity index (χ3v) is 6.65. The minimum absolute atomic E-state index is 0.184. The second-order valence-electron chi connectivity index (χ2n) is 10.5. The molecular formula is C29H49N3O4S. The molecule has 0 aliphatic rings. The van der Waals surface area contributed by atoms with Gasteiger partial charge in [0.05, 0.1) is 0 Å². The summed E-state index contributed by atoms with van der Waals surface area (Å²) < 4.78 is 5.46. The average Bonchev–Trinajstić information content (AvgIpc) is 2.83. The van der Waals surface area contributed by atoms with E-state index in [2.05, 4.69) is 24.5 Å². The van der Waals surface area contributed by atoms with Gasteiger partial charge >= 0.3 is 6.09 Å². The normalized spacial score (nSPS) is 12.9. The highest BCUT2D eigenvalue weighted by Gasteiger charge is 2.36. The number of rotatable bonds is 16. The first-order valence-electron chi connectivity index (χ1n) is 13.7. The summed E-state index contributed by atoms with van der Waals surface area (Å²) in [6, 6.07) is 6.16. The van der Waals surface area contributed by atoms with Crippen molar-refractivity contribution in [2.75, 3.05) is 25.1 Å². The van der Waals surface area contributed by atoms with Crippen molar-refractivity contribution in [1.82, 2.24) is 15.5 Å². The maximum absolute atomic E-state index is 14.1. The van der Waals surface area contributed by atoms with Crippen LogP contribution >= 0.6 is 11.8 Å². The molecule has 3 amide bonds. The number of carbonyl (C=O) groups is 3. The van der Waals surface area contributed by atoms with Gasteiger partial charge in [-0.2, -0.15) is 11.8 Å². The third-order valence-electron chi connectivity index (χ3n) is 6.01. The first kappa shape index (κ1) is 32.8. The highest BCUT2D eigenvalue weighted by Crippen LogP contribution is 2.27. The summed E-state index contributed by atoms with van der Waals surface area (Å²) in [4.78, 5) is 42.1. The number of benzene rings is 1. The number of nitrogens with one attached hydrogen (secondary N) is 2. The number of aryl methyl sites for hydroxylation is 1. The van der Waals surface area contributed by atoms with Crippen molar-refractivity contribution < 1.29 is 19.1 Å². The van der Waals surface area contributed by atoms with Crippen molar-refractivity contribution in [3.8, 4) is 0 Å². The van der Waals surface area contributed by atoms with Gasteiger partial charge in [0.1, 0.15) is 17.7 Å². The fourth-order valence-electron chi connectivity index (χ4n) is 4.07. The van der Waals surface area contributed by atoms with Crippen molar-refractivity contribution in [1.29, 1.82) is 0 Å². The van der Waals surface area contributed by atoms with Crippen LogP contribution < -0.4 is 10.6 Å². The summed E-state index contributed by atoms with van der Waals surface area (Å²) in [6.45, 7) is 12.6. The summed E-state index contributed by atoms with van der Waals surface area (Å²) in [5.41, 5.74) is 1.08. The lowest BCUT2D eigenvalue weighted by molar-refractivity contribution is -0.142. The summed E-state index contributed by atoms with van der Waals surface area (Å²) in [7, 11) is 0. The fraction of sp³-hybridized carbons (Fsp3) is 0.690. The Labute approximate surface area is 228 Å². The zero-order valence-electron chi connectivity index (χ0n) is 24.0. The Balaban J connectivity index is 3.40. The molecule has 1 rings (SSSR count). The second kappa shape index (κ2) is 17.3. The summed E-state index contributed by atoms with van der Waals surface area (Å²) in [5.74, 6) is 0.247. The Hall–Kier alpha value is -2.22. The molecule has 8 heteroatoms. The molecule has 1 aromatic rings. The molecule has 0 fully saturated rings. The average molecular weight is 536 g/mol. The van der Waals surface area contributed by atoms with E-state index in [0.717, 1.165) is 49.7 Å². The van der Waals surface area contributed by atoms with Crippen LogP contribution in [0.2, 0.25) is 0 Å². The smallest absolute Gasteiger partial charge is 0.408 e. The van der Waals surface area contributed by atoms with E-state index in [9.17, 15) is 14.4 Å². The third kappa shape index (κ3) is 12.2. The summed E-state index contributed by atoms with van der Waals surface area (Å²) in [6.07, 6.45) is 7.48. The Morgan fingerprint density at radius 3 is 2.27 bits per heavy atom. The molecule has 0 heterocycles. The van der Waals surface area contributed by atoms with E-state index in [0.29, 0.717) is 25.3 Å². The van der Waals surface area contributed by atoms with Crippen LogP contribution in [0.5, 0.6) is 0 Å². The van der Waals surface area contributed by atoms with E-state index in [1.165, 1.54) is 0 Å². The number of ether oxygens (including phenoxy) is 1. The number of hydrogen-bond donors (Lipinski definition) is 2. The molecule has 0 radical (unpaired) electrons. The molecule has 2 N–H and O–H groups in total. The molecule has 2 unspecified atom stereocenters. The molecule has 0 aliphatic heterocycles. The molecule has 0 spiro atoms. The van der Waals surface area contributed by atoms with E-state index in [-0.39, 0.29) is 11.8 Å². The van der Waals surface area contributed by atoms with E-state index in [1.54, 1.807) is 37.4 Å². The number of unbranched alkanes of at least 4 members (excludes halogenated alkanes) is 4. The first-order valence-corrected chi connectivity index (χ1v) is 15.1. The minimum Gasteiger partial charge on any atom is -0.444 e. The molecule has 0 aliphatic carbocycles. The largest absolute Gasteiger partial charge is 0.444 e. The number of carbonyl (C=O) groups excluding carboxylic acids is 3. The van der Waals surface area contributed by atoms with Crippen LogP contribution in [0.15, 0.2) is 24.3 Å². The highest BCUT2D eigenvalue weighted by molar-refractivity contribution is 7.98. The zero-order chi connectivity index (χ0) is 27.8. The Bertz CT molecular complexity index is 841. The van der Waals surface area contributed by atoms with Gasteiger partial charge in [-0.15, -0.1) is 0 Å². The SMILES string of the molecule is CCCCCNC(=O)C(c1ccccc1C)N(CCCCC)C(=O)C(CCSC)NC(=O)OC(C)(C)C. The maximum atomic E-state index is 14.1. The van der Waals surface area contributed by atoms with Crippen LogP contribution in [0.1, 0.15) is 96.7 Å². The molecule has 0 aromatic heterocycles. The second-order valence-corrected chi connectivity index (χ2v) is 11.5. The van der Waals surface area contributed by atoms with Gasteiger partial charge in [-0.25, -0.2) is 4.79 Å². The maximum Gasteiger partial charge on any atom is 0.408 e. The lowest BCUT2D eigenvalue weighted by Gasteiger charge is -2.35. The summed E-state index contributed by atoms with van der Waals surface area (Å²) >= 11 is 1.61. The number of amides is 3. The highest BCUT2D eigenvalue weighted by atomic mass is 32.2. The Morgan fingerprint density at radius 1 is 1.03 bits per heavy atom. The predicted molar refractivity (Wildman–Crippen MR) is 154 cm³/mol. The number of thioether (sulfide) groups is 1. The van der Waals surface area contributed by atoms with Gasteiger partial charge in [-0.1, -0.05) is 63.8 Å². The lowest BCUT2D eigenvalue weighted by atomic mass is 9.97. The van der Waals surface area contributed by atoms with E-state index in [1.807, 2.05) is 37.4 Å². The number of nitrogens with zero attached hydrogens (tertiary/aromatic N) is 1.